The predicted molar refractivity (Wildman–Crippen MR) is 231 cm³/mol. The van der Waals surface area contributed by atoms with Crippen LogP contribution in [-0.2, 0) is 35.6 Å². The Balaban J connectivity index is 1.29. The highest BCUT2D eigenvalue weighted by molar-refractivity contribution is 7.91. The highest BCUT2D eigenvalue weighted by atomic mass is 32.2. The molecule has 4 fully saturated rings. The van der Waals surface area contributed by atoms with Crippen LogP contribution in [0.1, 0.15) is 97.0 Å². The Hall–Kier alpha value is -5.13. The van der Waals surface area contributed by atoms with Crippen LogP contribution >= 0.6 is 0 Å². The van der Waals surface area contributed by atoms with Crippen LogP contribution in [0.4, 0.5) is 15.4 Å². The molecule has 3 aliphatic carbocycles. The number of ether oxygens (including phenoxy) is 3. The molecule has 0 radical (unpaired) electrons. The molecular formula is C44H61N7O10S. The number of cyclic esters (lactones) is 1. The summed E-state index contributed by atoms with van der Waals surface area (Å²) in [5.41, 5.74) is -0.621. The Morgan fingerprint density at radius 2 is 1.84 bits per heavy atom. The summed E-state index contributed by atoms with van der Waals surface area (Å²) in [6, 6.07) is 2.83. The summed E-state index contributed by atoms with van der Waals surface area (Å²) in [6.45, 7) is 10.1. The predicted octanol–water partition coefficient (Wildman–Crippen LogP) is 4.46. The number of pyridine rings is 1. The number of methoxy groups -OCH3 is 1. The molecule has 3 heterocycles. The molecule has 338 valence electrons. The molecule has 3 saturated carbocycles. The highest BCUT2D eigenvalue weighted by Gasteiger charge is 2.62. The summed E-state index contributed by atoms with van der Waals surface area (Å²) in [6.07, 6.45) is 7.15. The van der Waals surface area contributed by atoms with Crippen molar-refractivity contribution in [2.45, 2.75) is 127 Å². The first-order valence-corrected chi connectivity index (χ1v) is 23.5. The molecule has 17 nitrogen and oxygen atoms in total. The first kappa shape index (κ1) is 44.9. The molecule has 0 spiro atoms. The van der Waals surface area contributed by atoms with Gasteiger partial charge in [-0.25, -0.2) is 23.0 Å². The van der Waals surface area contributed by atoms with E-state index in [2.05, 4.69) is 27.3 Å². The van der Waals surface area contributed by atoms with Crippen LogP contribution in [0.15, 0.2) is 30.9 Å². The number of hydrogen-bond acceptors (Lipinski definition) is 11. The van der Waals surface area contributed by atoms with Gasteiger partial charge in [-0.05, 0) is 81.3 Å². The number of amides is 6. The van der Waals surface area contributed by atoms with Gasteiger partial charge in [0.2, 0.25) is 21.8 Å². The van der Waals surface area contributed by atoms with Gasteiger partial charge in [-0.1, -0.05) is 39.2 Å². The van der Waals surface area contributed by atoms with Gasteiger partial charge in [-0.15, -0.1) is 6.58 Å². The Kier molecular flexibility index (Phi) is 13.0. The normalized spacial score (nSPS) is 26.8. The molecular weight excluding hydrogens is 819 g/mol. The van der Waals surface area contributed by atoms with Crippen molar-refractivity contribution in [3.8, 4) is 11.5 Å². The maximum atomic E-state index is 15.0. The van der Waals surface area contributed by atoms with Crippen molar-refractivity contribution in [2.75, 3.05) is 38.8 Å². The Labute approximate surface area is 363 Å². The number of carbonyl (C=O) groups is 5. The number of hydrogen-bond donors (Lipinski definition) is 4. The second kappa shape index (κ2) is 17.9. The van der Waals surface area contributed by atoms with Crippen molar-refractivity contribution in [2.24, 2.45) is 17.3 Å². The van der Waals surface area contributed by atoms with E-state index in [9.17, 15) is 27.6 Å². The summed E-state index contributed by atoms with van der Waals surface area (Å²) >= 11 is 0. The van der Waals surface area contributed by atoms with Crippen LogP contribution in [0.25, 0.3) is 10.9 Å². The number of rotatable bonds is 10. The van der Waals surface area contributed by atoms with Crippen LogP contribution < -0.4 is 35.0 Å². The van der Waals surface area contributed by atoms with Crippen LogP contribution in [-0.4, -0.2) is 111 Å². The van der Waals surface area contributed by atoms with Gasteiger partial charge in [0.1, 0.15) is 41.0 Å². The van der Waals surface area contributed by atoms with Crippen molar-refractivity contribution in [3.63, 3.8) is 0 Å². The smallest absolute Gasteiger partial charge is 0.407 e. The van der Waals surface area contributed by atoms with Gasteiger partial charge >= 0.3 is 12.1 Å². The lowest BCUT2D eigenvalue weighted by Crippen LogP contribution is -2.59. The molecule has 1 aromatic heterocycles. The topological polar surface area (TPSA) is 215 Å². The van der Waals surface area contributed by atoms with E-state index in [-0.39, 0.29) is 43.8 Å². The Morgan fingerprint density at radius 3 is 2.50 bits per heavy atom. The van der Waals surface area contributed by atoms with Gasteiger partial charge in [-0.3, -0.25) is 24.0 Å². The molecule has 4 N–H and O–H groups in total. The zero-order valence-electron chi connectivity index (χ0n) is 36.4. The number of urea groups is 1. The molecule has 6 amide bonds. The minimum absolute atomic E-state index is 0.0151. The number of carbonyl (C=O) groups excluding carboxylic acids is 5. The number of sulfonamides is 1. The molecule has 4 bridgehead atoms. The lowest BCUT2D eigenvalue weighted by molar-refractivity contribution is -0.142. The van der Waals surface area contributed by atoms with E-state index in [1.807, 2.05) is 26.8 Å². The monoisotopic (exact) mass is 879 g/mol. The van der Waals surface area contributed by atoms with E-state index in [0.717, 1.165) is 31.2 Å². The quantitative estimate of drug-likeness (QED) is 0.245. The molecule has 62 heavy (non-hydrogen) atoms. The van der Waals surface area contributed by atoms with Crippen molar-refractivity contribution in [1.29, 1.82) is 0 Å². The second-order valence-corrected chi connectivity index (χ2v) is 20.3. The fourth-order valence-corrected chi connectivity index (χ4v) is 10.5. The number of benzene rings is 1. The third-order valence-corrected chi connectivity index (χ3v) is 14.9. The average Bonchev–Trinajstić information content (AvgIpc) is 4.18. The molecule has 7 rings (SSSR count). The van der Waals surface area contributed by atoms with Crippen LogP contribution in [0, 0.1) is 17.3 Å². The number of fused-ring (bicyclic) bond motifs is 3. The van der Waals surface area contributed by atoms with Crippen molar-refractivity contribution in [3.05, 3.63) is 36.4 Å². The molecule has 2 aromatic rings. The van der Waals surface area contributed by atoms with Crippen LogP contribution in [0.3, 0.4) is 0 Å². The molecule has 5 atom stereocenters. The van der Waals surface area contributed by atoms with Gasteiger partial charge < -0.3 is 35.1 Å². The van der Waals surface area contributed by atoms with Crippen molar-refractivity contribution >= 4 is 56.6 Å². The standard InChI is InChI=1S/C44H61N7O10S/c1-7-28-23-44(28,40(54)49-62(57,58)30-16-17-30)48-38(52)33-20-29-24-51(33)39(53)37(26-13-10-9-11-14-26)47-42(56)60-25-43(3,4)18-12-15-27-19-31-32(21-34(27)59-6)46-36(22-35(31)61-29)50(5)41(55)45-8-2/h7,19,21-22,26,28-30,33,37H,1,8-18,20,23-25H2,2-6H3,(H,45,55)(H,47,56)(H,48,52)(H,49,54)/t28?,29-,33+,37+,44-/m1/s1. The van der Waals surface area contributed by atoms with Gasteiger partial charge in [-0.2, -0.15) is 0 Å². The molecule has 18 heteroatoms. The minimum atomic E-state index is -3.94. The molecule has 1 aromatic carbocycles. The third kappa shape index (κ3) is 9.59. The van der Waals surface area contributed by atoms with E-state index < -0.39 is 74.1 Å². The number of alkyl carbamates (subject to hydrolysis) is 1. The van der Waals surface area contributed by atoms with E-state index in [1.165, 1.54) is 15.9 Å². The first-order chi connectivity index (χ1) is 29.5. The second-order valence-electron chi connectivity index (χ2n) is 18.3. The lowest BCUT2D eigenvalue weighted by atomic mass is 9.83. The van der Waals surface area contributed by atoms with Gasteiger partial charge in [0, 0.05) is 43.5 Å². The van der Waals surface area contributed by atoms with E-state index in [0.29, 0.717) is 67.5 Å². The zero-order chi connectivity index (χ0) is 44.6. The van der Waals surface area contributed by atoms with Crippen LogP contribution in [0.2, 0.25) is 0 Å². The number of nitrogens with one attached hydrogen (secondary N) is 4. The maximum absolute atomic E-state index is 15.0. The van der Waals surface area contributed by atoms with E-state index in [1.54, 1.807) is 26.3 Å². The van der Waals surface area contributed by atoms with Crippen molar-refractivity contribution < 1.29 is 46.6 Å². The summed E-state index contributed by atoms with van der Waals surface area (Å²) in [7, 11) is -0.765. The molecule has 2 aliphatic heterocycles. The molecule has 5 aliphatic rings. The first-order valence-electron chi connectivity index (χ1n) is 21.9. The summed E-state index contributed by atoms with van der Waals surface area (Å²) in [5, 5.41) is 8.51. The number of aryl methyl sites for hydroxylation is 1. The summed E-state index contributed by atoms with van der Waals surface area (Å²) in [4.78, 5) is 77.7. The van der Waals surface area contributed by atoms with E-state index in [4.69, 9.17) is 19.2 Å². The maximum Gasteiger partial charge on any atom is 0.407 e. The van der Waals surface area contributed by atoms with Gasteiger partial charge in [0.15, 0.2) is 0 Å². The number of nitrogens with zero attached hydrogens (tertiary/aromatic N) is 3. The van der Waals surface area contributed by atoms with Crippen LogP contribution in [0.5, 0.6) is 11.5 Å². The zero-order valence-corrected chi connectivity index (χ0v) is 37.2. The Morgan fingerprint density at radius 1 is 1.10 bits per heavy atom. The van der Waals surface area contributed by atoms with E-state index >= 15 is 4.79 Å². The largest absolute Gasteiger partial charge is 0.496 e. The SMILES string of the molecule is C=CC1C[C@]1(NC(=O)[C@@H]1C[C@@H]2CN1C(=O)[C@H](C1CCCCC1)NC(=O)OCC(C)(C)CCCc1cc3c(cc(N(C)C(=O)NCC)nc3cc1OC)O2)C(=O)NS(=O)(=O)C1CC1. The molecule has 1 unspecified atom stereocenters. The molecule has 1 saturated heterocycles. The fourth-order valence-electron chi connectivity index (χ4n) is 9.14. The third-order valence-electron chi connectivity index (χ3n) is 13.1. The average molecular weight is 880 g/mol. The Bertz CT molecular complexity index is 2210. The summed E-state index contributed by atoms with van der Waals surface area (Å²) < 4.78 is 46.4. The lowest BCUT2D eigenvalue weighted by Gasteiger charge is -2.35. The minimum Gasteiger partial charge on any atom is -0.496 e. The van der Waals surface area contributed by atoms with Gasteiger partial charge in [0.05, 0.1) is 31.0 Å². The number of aromatic nitrogens is 1. The van der Waals surface area contributed by atoms with Gasteiger partial charge in [0.25, 0.3) is 5.91 Å². The highest BCUT2D eigenvalue weighted by Crippen LogP contribution is 2.46. The fraction of sp³-hybridized carbons (Fsp3) is 0.636. The summed E-state index contributed by atoms with van der Waals surface area (Å²) in [5.74, 6) is -1.54. The number of anilines is 1. The van der Waals surface area contributed by atoms with Crippen molar-refractivity contribution in [1.82, 2.24) is 30.6 Å².